The van der Waals surface area contributed by atoms with Crippen molar-refractivity contribution in [1.82, 2.24) is 0 Å². The summed E-state index contributed by atoms with van der Waals surface area (Å²) in [5.74, 6) is 0.546. The van der Waals surface area contributed by atoms with Crippen molar-refractivity contribution in [3.05, 3.63) is 96.1 Å². The number of β-lactam (4-membered cyclic amide) rings is 1. The molecule has 0 radical (unpaired) electrons. The largest absolute Gasteiger partial charge is 0.497 e. The van der Waals surface area contributed by atoms with E-state index in [2.05, 4.69) is 0 Å². The number of hydrogen-bond acceptors (Lipinski definition) is 4. The molecule has 0 bridgehead atoms. The van der Waals surface area contributed by atoms with Gasteiger partial charge in [-0.3, -0.25) is 4.79 Å². The summed E-state index contributed by atoms with van der Waals surface area (Å²) in [7, 11) is 1.60. The number of benzene rings is 3. The number of methoxy groups -OCH3 is 1. The molecular weight excluding hydrogens is 366 g/mol. The average molecular weight is 389 g/mol. The van der Waals surface area contributed by atoms with E-state index in [9.17, 15) is 9.90 Å². The fraction of sp³-hybridized carbons (Fsp3) is 0.208. The molecule has 3 atom stereocenters. The van der Waals surface area contributed by atoms with Gasteiger partial charge in [-0.15, -0.1) is 0 Å². The predicted molar refractivity (Wildman–Crippen MR) is 111 cm³/mol. The first-order chi connectivity index (χ1) is 14.2. The second kappa shape index (κ2) is 8.47. The summed E-state index contributed by atoms with van der Waals surface area (Å²) in [6, 6.07) is 25.8. The maximum absolute atomic E-state index is 12.9. The lowest BCUT2D eigenvalue weighted by Crippen LogP contribution is -2.68. The zero-order chi connectivity index (χ0) is 20.2. The van der Waals surface area contributed by atoms with Crippen molar-refractivity contribution in [2.45, 2.75) is 24.9 Å². The van der Waals surface area contributed by atoms with Crippen molar-refractivity contribution >= 4 is 11.6 Å². The Morgan fingerprint density at radius 3 is 2.17 bits per heavy atom. The molecule has 4 rings (SSSR count). The second-order valence-electron chi connectivity index (χ2n) is 6.97. The molecule has 0 unspecified atom stereocenters. The summed E-state index contributed by atoms with van der Waals surface area (Å²) >= 11 is 0. The second-order valence-corrected chi connectivity index (χ2v) is 6.97. The number of anilines is 1. The van der Waals surface area contributed by atoms with E-state index in [-0.39, 0.29) is 5.91 Å². The lowest BCUT2D eigenvalue weighted by molar-refractivity contribution is -0.149. The number of rotatable bonds is 7. The van der Waals surface area contributed by atoms with E-state index < -0.39 is 18.2 Å². The molecule has 29 heavy (non-hydrogen) atoms. The number of amides is 1. The highest BCUT2D eigenvalue weighted by Gasteiger charge is 2.52. The molecule has 3 aromatic carbocycles. The van der Waals surface area contributed by atoms with Crippen molar-refractivity contribution in [2.75, 3.05) is 12.0 Å². The van der Waals surface area contributed by atoms with Crippen LogP contribution in [0.3, 0.4) is 0 Å². The predicted octanol–water partition coefficient (Wildman–Crippen LogP) is 3.73. The van der Waals surface area contributed by atoms with Crippen LogP contribution in [0.4, 0.5) is 5.69 Å². The molecule has 0 aromatic heterocycles. The Kier molecular flexibility index (Phi) is 5.60. The van der Waals surface area contributed by atoms with Crippen molar-refractivity contribution < 1.29 is 19.4 Å². The Hall–Kier alpha value is -3.15. The Morgan fingerprint density at radius 2 is 1.55 bits per heavy atom. The van der Waals surface area contributed by atoms with Crippen LogP contribution >= 0.6 is 0 Å². The summed E-state index contributed by atoms with van der Waals surface area (Å²) in [5.41, 5.74) is 2.43. The van der Waals surface area contributed by atoms with Crippen molar-refractivity contribution in [1.29, 1.82) is 0 Å². The van der Waals surface area contributed by atoms with Crippen molar-refractivity contribution in [3.8, 4) is 5.75 Å². The minimum Gasteiger partial charge on any atom is -0.497 e. The highest BCUT2D eigenvalue weighted by molar-refractivity contribution is 6.05. The fourth-order valence-electron chi connectivity index (χ4n) is 3.61. The molecule has 1 fully saturated rings. The summed E-state index contributed by atoms with van der Waals surface area (Å²) in [6.45, 7) is 0.311. The van der Waals surface area contributed by atoms with E-state index in [0.29, 0.717) is 18.0 Å². The van der Waals surface area contributed by atoms with Crippen LogP contribution in [0.1, 0.15) is 17.2 Å². The molecule has 1 heterocycles. The quantitative estimate of drug-likeness (QED) is 0.626. The first-order valence-electron chi connectivity index (χ1n) is 9.54. The van der Waals surface area contributed by atoms with Gasteiger partial charge in [-0.25, -0.2) is 0 Å². The van der Waals surface area contributed by atoms with E-state index >= 15 is 0 Å². The summed E-state index contributed by atoms with van der Waals surface area (Å²) < 4.78 is 11.2. The number of carbonyl (C=O) groups is 1. The summed E-state index contributed by atoms with van der Waals surface area (Å²) in [4.78, 5) is 14.5. The molecule has 0 spiro atoms. The summed E-state index contributed by atoms with van der Waals surface area (Å²) in [6.07, 6.45) is -1.58. The lowest BCUT2D eigenvalue weighted by atomic mass is 9.87. The molecular formula is C24H23NO4. The fourth-order valence-corrected chi connectivity index (χ4v) is 3.61. The number of aliphatic hydroxyl groups is 1. The minimum absolute atomic E-state index is 0.161. The molecule has 1 saturated heterocycles. The number of nitrogens with zero attached hydrogens (tertiary/aromatic N) is 1. The normalized spacial score (nSPS) is 19.5. The van der Waals surface area contributed by atoms with Crippen LogP contribution in [0.15, 0.2) is 84.9 Å². The van der Waals surface area contributed by atoms with Crippen LogP contribution < -0.4 is 9.64 Å². The Balaban J connectivity index is 1.59. The first kappa shape index (κ1) is 19.2. The van der Waals surface area contributed by atoms with Crippen LogP contribution in [0.25, 0.3) is 0 Å². The van der Waals surface area contributed by atoms with Gasteiger partial charge in [0.05, 0.1) is 13.7 Å². The van der Waals surface area contributed by atoms with Gasteiger partial charge in [-0.2, -0.15) is 0 Å². The topological polar surface area (TPSA) is 59.0 Å². The molecule has 0 saturated carbocycles. The van der Waals surface area contributed by atoms with E-state index in [1.807, 2.05) is 72.8 Å². The smallest absolute Gasteiger partial charge is 0.258 e. The third-order valence-electron chi connectivity index (χ3n) is 5.18. The van der Waals surface area contributed by atoms with E-state index in [4.69, 9.17) is 9.47 Å². The molecule has 1 amide bonds. The molecule has 1 N–H and O–H groups in total. The maximum Gasteiger partial charge on any atom is 0.258 e. The van der Waals surface area contributed by atoms with Crippen molar-refractivity contribution in [3.63, 3.8) is 0 Å². The molecule has 5 heteroatoms. The SMILES string of the molecule is COc1ccc(N2C(=O)[C@@H](OCc3ccccc3)[C@H]2[C@@H](O)c2ccccc2)cc1. The van der Waals surface area contributed by atoms with E-state index in [0.717, 1.165) is 11.1 Å². The van der Waals surface area contributed by atoms with Gasteiger partial charge in [0.1, 0.15) is 17.9 Å². The standard InChI is InChI=1S/C24H23NO4/c1-28-20-14-12-19(13-15-20)25-21(22(26)18-10-6-3-7-11-18)23(24(25)27)29-16-17-8-4-2-5-9-17/h2-15,21-23,26H,16H2,1H3/t21-,22+,23+/m1/s1. The van der Waals surface area contributed by atoms with Gasteiger partial charge in [-0.1, -0.05) is 60.7 Å². The molecule has 1 aliphatic heterocycles. The Morgan fingerprint density at radius 1 is 0.931 bits per heavy atom. The zero-order valence-electron chi connectivity index (χ0n) is 16.1. The van der Waals surface area contributed by atoms with E-state index in [1.54, 1.807) is 24.1 Å². The highest BCUT2D eigenvalue weighted by atomic mass is 16.5. The van der Waals surface area contributed by atoms with E-state index in [1.165, 1.54) is 0 Å². The zero-order valence-corrected chi connectivity index (χ0v) is 16.1. The Bertz CT molecular complexity index is 944. The molecule has 1 aliphatic rings. The van der Waals surface area contributed by atoms with Crippen LogP contribution in [-0.4, -0.2) is 30.3 Å². The monoisotopic (exact) mass is 389 g/mol. The van der Waals surface area contributed by atoms with Gasteiger partial charge < -0.3 is 19.5 Å². The molecule has 148 valence electrons. The molecule has 0 aliphatic carbocycles. The van der Waals surface area contributed by atoms with Crippen molar-refractivity contribution in [2.24, 2.45) is 0 Å². The number of aliphatic hydroxyl groups excluding tert-OH is 1. The third-order valence-corrected chi connectivity index (χ3v) is 5.18. The first-order valence-corrected chi connectivity index (χ1v) is 9.54. The average Bonchev–Trinajstić information content (AvgIpc) is 2.78. The number of hydrogen-bond donors (Lipinski definition) is 1. The third kappa shape index (κ3) is 3.88. The van der Waals surface area contributed by atoms with Gasteiger partial charge in [0.15, 0.2) is 6.10 Å². The van der Waals surface area contributed by atoms with Gasteiger partial charge in [0, 0.05) is 5.69 Å². The maximum atomic E-state index is 12.9. The molecule has 3 aromatic rings. The minimum atomic E-state index is -0.864. The van der Waals surface area contributed by atoms with Crippen LogP contribution in [0.5, 0.6) is 5.75 Å². The van der Waals surface area contributed by atoms with Crippen LogP contribution in [0, 0.1) is 0 Å². The number of carbonyl (C=O) groups excluding carboxylic acids is 1. The molecule has 5 nitrogen and oxygen atoms in total. The lowest BCUT2D eigenvalue weighted by Gasteiger charge is -2.48. The van der Waals surface area contributed by atoms with Gasteiger partial charge in [0.25, 0.3) is 5.91 Å². The van der Waals surface area contributed by atoms with Gasteiger partial charge in [-0.05, 0) is 35.4 Å². The van der Waals surface area contributed by atoms with Crippen LogP contribution in [-0.2, 0) is 16.1 Å². The number of ether oxygens (including phenoxy) is 2. The summed E-state index contributed by atoms with van der Waals surface area (Å²) in [5, 5.41) is 11.1. The Labute approximate surface area is 170 Å². The van der Waals surface area contributed by atoms with Crippen LogP contribution in [0.2, 0.25) is 0 Å². The van der Waals surface area contributed by atoms with Gasteiger partial charge >= 0.3 is 0 Å². The highest BCUT2D eigenvalue weighted by Crippen LogP contribution is 2.38. The van der Waals surface area contributed by atoms with Gasteiger partial charge in [0.2, 0.25) is 0 Å².